The van der Waals surface area contributed by atoms with Gasteiger partial charge in [0, 0.05) is 48.5 Å². The van der Waals surface area contributed by atoms with E-state index >= 15 is 0 Å². The Kier molecular flexibility index (Phi) is 17.2. The van der Waals surface area contributed by atoms with Gasteiger partial charge in [0.25, 0.3) is 10.0 Å². The summed E-state index contributed by atoms with van der Waals surface area (Å²) in [6, 6.07) is 3.76. The van der Waals surface area contributed by atoms with Crippen LogP contribution in [0.4, 0.5) is 4.39 Å². The zero-order chi connectivity index (χ0) is 43.5. The topological polar surface area (TPSA) is 282 Å². The predicted molar refractivity (Wildman–Crippen MR) is 189 cm³/mol. The molecule has 0 spiro atoms. The molecule has 1 aromatic carbocycles. The molecule has 10 atom stereocenters. The van der Waals surface area contributed by atoms with Gasteiger partial charge in [-0.25, -0.2) is 18.2 Å². The van der Waals surface area contributed by atoms with E-state index in [0.717, 1.165) is 72.7 Å². The van der Waals surface area contributed by atoms with Gasteiger partial charge in [0.2, 0.25) is 0 Å². The van der Waals surface area contributed by atoms with Gasteiger partial charge in [-0.3, -0.25) is 43.7 Å². The second-order valence-electron chi connectivity index (χ2n) is 12.4. The van der Waals surface area contributed by atoms with Crippen molar-refractivity contribution in [3.8, 4) is 0 Å². The number of sulfonamides is 1. The summed E-state index contributed by atoms with van der Waals surface area (Å²) in [5.74, 6) is -7.13. The van der Waals surface area contributed by atoms with Crippen molar-refractivity contribution in [2.75, 3.05) is 13.2 Å². The third-order valence-corrected chi connectivity index (χ3v) is 9.31. The molecule has 2 aliphatic rings. The molecule has 1 aromatic rings. The number of hydrazine groups is 1. The van der Waals surface area contributed by atoms with Gasteiger partial charge in [-0.2, -0.15) is 0 Å². The van der Waals surface area contributed by atoms with Gasteiger partial charge < -0.3 is 47.4 Å². The third kappa shape index (κ3) is 14.1. The van der Waals surface area contributed by atoms with E-state index < -0.39 is 137 Å². The lowest BCUT2D eigenvalue weighted by Crippen LogP contribution is -2.69. The molecular weight excluding hydrogens is 825 g/mol. The standard InChI is InChI=1S/C33H42FN3O19S2/c1-14(38)47-12-23-26(56-32-30(53-20(7)44)28(51-18(5)42)25(49-16(3)40)24(55-32)13-48-15(2)39)27(50-17(4)41)29(52-19(6)43)31(54-23)35-36-33(57)37-58(45,46)22-10-8-21(34)9-11-22/h8-11,23-32,35H,12-13H2,1-7H3,(H2,36,37,57)/t23-,24-,25-,26-,27+,28+,29-,30-,31?,32-/m1/s1. The highest BCUT2D eigenvalue weighted by molar-refractivity contribution is 7.91. The summed E-state index contributed by atoms with van der Waals surface area (Å²) in [6.07, 6.45) is -16.9. The smallest absolute Gasteiger partial charge is 0.303 e. The van der Waals surface area contributed by atoms with E-state index in [-0.39, 0.29) is 4.90 Å². The zero-order valence-corrected chi connectivity index (χ0v) is 33.6. The first-order chi connectivity index (χ1) is 27.1. The van der Waals surface area contributed by atoms with Crippen molar-refractivity contribution in [2.24, 2.45) is 0 Å². The SMILES string of the molecule is CC(=O)OC[C@H]1O[C@H](O[C@H]2[C@H](OC(C)=O)[C@@H](OC(C)=O)C(NNC(=S)NS(=O)(=O)c3ccc(F)cc3)O[C@@H]2COC(C)=O)[C@H](OC(C)=O)[C@@H](OC(C)=O)[C@@H]1OC(C)=O. The van der Waals surface area contributed by atoms with Crippen molar-refractivity contribution < 1.29 is 93.7 Å². The second kappa shape index (κ2) is 21.1. The fourth-order valence-electron chi connectivity index (χ4n) is 5.59. The van der Waals surface area contributed by atoms with E-state index in [1.165, 1.54) is 0 Å². The van der Waals surface area contributed by atoms with Crippen LogP contribution in [0, 0.1) is 5.82 Å². The van der Waals surface area contributed by atoms with Gasteiger partial charge in [0.05, 0.1) is 4.90 Å². The first-order valence-corrected chi connectivity index (χ1v) is 18.9. The first kappa shape index (κ1) is 47.3. The summed E-state index contributed by atoms with van der Waals surface area (Å²) >= 11 is 5.10. The number of hydrogen-bond donors (Lipinski definition) is 3. The molecule has 25 heteroatoms. The largest absolute Gasteiger partial charge is 0.463 e. The summed E-state index contributed by atoms with van der Waals surface area (Å²) in [5.41, 5.74) is 4.86. The maximum absolute atomic E-state index is 13.4. The number of nitrogens with one attached hydrogen (secondary N) is 3. The van der Waals surface area contributed by atoms with Crippen molar-refractivity contribution in [2.45, 2.75) is 115 Å². The molecule has 322 valence electrons. The first-order valence-electron chi connectivity index (χ1n) is 17.0. The van der Waals surface area contributed by atoms with E-state index in [1.807, 2.05) is 4.72 Å². The Hall–Kier alpha value is -5.08. The number of esters is 7. The maximum atomic E-state index is 13.4. The van der Waals surface area contributed by atoms with Gasteiger partial charge in [-0.1, -0.05) is 0 Å². The average molecular weight is 868 g/mol. The normalized spacial score (nSPS) is 26.8. The van der Waals surface area contributed by atoms with Crippen LogP contribution < -0.4 is 15.6 Å². The lowest BCUT2D eigenvalue weighted by Gasteiger charge is -2.48. The number of thiocarbonyl (C=S) groups is 1. The van der Waals surface area contributed by atoms with Crippen LogP contribution in [0.5, 0.6) is 0 Å². The number of hydrogen-bond acceptors (Lipinski definition) is 21. The molecule has 3 N–H and O–H groups in total. The summed E-state index contributed by atoms with van der Waals surface area (Å²) in [6.45, 7) is 5.74. The van der Waals surface area contributed by atoms with Gasteiger partial charge in [0.15, 0.2) is 48.2 Å². The van der Waals surface area contributed by atoms with Crippen LogP contribution in [0.25, 0.3) is 0 Å². The number of carbonyl (C=O) groups is 7. The van der Waals surface area contributed by atoms with E-state index in [4.69, 9.17) is 59.6 Å². The highest BCUT2D eigenvalue weighted by Crippen LogP contribution is 2.35. The van der Waals surface area contributed by atoms with Crippen LogP contribution in [-0.4, -0.2) is 130 Å². The van der Waals surface area contributed by atoms with Gasteiger partial charge in [0.1, 0.15) is 37.3 Å². The fraction of sp³-hybridized carbons (Fsp3) is 0.576. The van der Waals surface area contributed by atoms with Crippen molar-refractivity contribution in [3.05, 3.63) is 30.1 Å². The molecular formula is C33H42FN3O19S2. The molecule has 0 aromatic heterocycles. The third-order valence-electron chi connectivity index (χ3n) is 7.61. The molecule has 0 bridgehead atoms. The summed E-state index contributed by atoms with van der Waals surface area (Å²) in [7, 11) is -4.36. The molecule has 22 nitrogen and oxygen atoms in total. The molecule has 2 saturated heterocycles. The Balaban J connectivity index is 2.09. The van der Waals surface area contributed by atoms with Crippen LogP contribution in [0.3, 0.4) is 0 Å². The molecule has 58 heavy (non-hydrogen) atoms. The van der Waals surface area contributed by atoms with E-state index in [0.29, 0.717) is 0 Å². The summed E-state index contributed by atoms with van der Waals surface area (Å²) in [4.78, 5) is 85.5. The quantitative estimate of drug-likeness (QED) is 0.0834. The maximum Gasteiger partial charge on any atom is 0.303 e. The van der Waals surface area contributed by atoms with E-state index in [9.17, 15) is 46.4 Å². The molecule has 2 fully saturated rings. The van der Waals surface area contributed by atoms with Gasteiger partial charge in [-0.15, -0.1) is 0 Å². The van der Waals surface area contributed by atoms with Gasteiger partial charge in [-0.05, 0) is 36.5 Å². The molecule has 2 heterocycles. The number of ether oxygens (including phenoxy) is 10. The molecule has 3 rings (SSSR count). The second-order valence-corrected chi connectivity index (χ2v) is 14.5. The minimum absolute atomic E-state index is 0.358. The number of rotatable bonds is 15. The zero-order valence-electron chi connectivity index (χ0n) is 31.9. The molecule has 0 radical (unpaired) electrons. The van der Waals surface area contributed by atoms with Crippen molar-refractivity contribution >= 4 is 69.1 Å². The minimum atomic E-state index is -4.36. The van der Waals surface area contributed by atoms with Crippen LogP contribution in [-0.2, 0) is 91.0 Å². The minimum Gasteiger partial charge on any atom is -0.463 e. The Bertz CT molecular complexity index is 1820. The molecule has 0 aliphatic carbocycles. The highest BCUT2D eigenvalue weighted by Gasteiger charge is 2.57. The van der Waals surface area contributed by atoms with E-state index in [2.05, 4.69) is 10.9 Å². The number of carbonyl (C=O) groups excluding carboxylic acids is 7. The Labute approximate surface area is 335 Å². The number of benzene rings is 1. The summed E-state index contributed by atoms with van der Waals surface area (Å²) < 4.78 is 97.1. The predicted octanol–water partition coefficient (Wildman–Crippen LogP) is -0.897. The monoisotopic (exact) mass is 867 g/mol. The van der Waals surface area contributed by atoms with Crippen molar-refractivity contribution in [3.63, 3.8) is 0 Å². The van der Waals surface area contributed by atoms with Crippen LogP contribution in [0.15, 0.2) is 29.2 Å². The fourth-order valence-corrected chi connectivity index (χ4v) is 6.88. The Morgan fingerprint density at radius 1 is 0.621 bits per heavy atom. The van der Waals surface area contributed by atoms with Crippen LogP contribution >= 0.6 is 12.2 Å². The van der Waals surface area contributed by atoms with Crippen molar-refractivity contribution in [1.29, 1.82) is 0 Å². The molecule has 2 aliphatic heterocycles. The lowest BCUT2D eigenvalue weighted by atomic mass is 9.95. The highest BCUT2D eigenvalue weighted by atomic mass is 32.2. The van der Waals surface area contributed by atoms with E-state index in [1.54, 1.807) is 0 Å². The number of halogens is 1. The van der Waals surface area contributed by atoms with Crippen molar-refractivity contribution in [1.82, 2.24) is 15.6 Å². The molecule has 0 amide bonds. The summed E-state index contributed by atoms with van der Waals surface area (Å²) in [5, 5.41) is -0.606. The molecule has 0 saturated carbocycles. The Morgan fingerprint density at radius 3 is 1.53 bits per heavy atom. The lowest BCUT2D eigenvalue weighted by molar-refractivity contribution is -0.346. The van der Waals surface area contributed by atoms with Crippen LogP contribution in [0.2, 0.25) is 0 Å². The van der Waals surface area contributed by atoms with Crippen LogP contribution in [0.1, 0.15) is 48.5 Å². The van der Waals surface area contributed by atoms with Gasteiger partial charge >= 0.3 is 41.8 Å². The Morgan fingerprint density at radius 2 is 1.05 bits per heavy atom. The molecule has 1 unspecified atom stereocenters. The average Bonchev–Trinajstić information content (AvgIpc) is 3.09.